The quantitative estimate of drug-likeness (QED) is 0.790. The molecule has 2 saturated heterocycles. The molecule has 2 aliphatic heterocycles. The molecule has 0 aliphatic carbocycles. The van der Waals surface area contributed by atoms with E-state index >= 15 is 0 Å². The molecule has 0 radical (unpaired) electrons. The van der Waals surface area contributed by atoms with E-state index in [1.54, 1.807) is 0 Å². The summed E-state index contributed by atoms with van der Waals surface area (Å²) in [7, 11) is 0. The molecule has 0 saturated carbocycles. The molecule has 2 bridgehead atoms. The smallest absolute Gasteiger partial charge is 0.168 e. The van der Waals surface area contributed by atoms with Crippen molar-refractivity contribution >= 4 is 5.78 Å². The van der Waals surface area contributed by atoms with Gasteiger partial charge >= 0.3 is 0 Å². The van der Waals surface area contributed by atoms with E-state index in [1.807, 2.05) is 42.5 Å². The summed E-state index contributed by atoms with van der Waals surface area (Å²) in [6.07, 6.45) is 3.57. The summed E-state index contributed by atoms with van der Waals surface area (Å²) in [5, 5.41) is 0. The normalized spacial score (nSPS) is 27.0. The number of ether oxygens (including phenoxy) is 1. The van der Waals surface area contributed by atoms with Crippen LogP contribution in [0.2, 0.25) is 0 Å². The maximum Gasteiger partial charge on any atom is 0.168 e. The Morgan fingerprint density at radius 3 is 2.24 bits per heavy atom. The third-order valence-corrected chi connectivity index (χ3v) is 4.72. The SMILES string of the molecule is O=C(c1ccc(-c2ccccc2)cc1)C1CC2CCC1O2. The number of hydrogen-bond donors (Lipinski definition) is 0. The monoisotopic (exact) mass is 278 g/mol. The van der Waals surface area contributed by atoms with Crippen LogP contribution in [0, 0.1) is 5.92 Å². The van der Waals surface area contributed by atoms with Gasteiger partial charge in [0.1, 0.15) is 0 Å². The minimum absolute atomic E-state index is 0.0753. The maximum atomic E-state index is 12.6. The highest BCUT2D eigenvalue weighted by molar-refractivity contribution is 5.98. The molecule has 21 heavy (non-hydrogen) atoms. The first-order chi connectivity index (χ1) is 10.3. The van der Waals surface area contributed by atoms with Crippen molar-refractivity contribution in [2.75, 3.05) is 0 Å². The van der Waals surface area contributed by atoms with E-state index < -0.39 is 0 Å². The van der Waals surface area contributed by atoms with Crippen LogP contribution in [0.1, 0.15) is 29.6 Å². The highest BCUT2D eigenvalue weighted by atomic mass is 16.5. The summed E-state index contributed by atoms with van der Waals surface area (Å²) in [5.41, 5.74) is 3.15. The van der Waals surface area contributed by atoms with Crippen LogP contribution < -0.4 is 0 Å². The topological polar surface area (TPSA) is 26.3 Å². The van der Waals surface area contributed by atoms with Crippen molar-refractivity contribution in [3.8, 4) is 11.1 Å². The molecule has 3 atom stereocenters. The van der Waals surface area contributed by atoms with Crippen molar-refractivity contribution in [1.29, 1.82) is 0 Å². The molecular formula is C19H18O2. The minimum atomic E-state index is 0.0753. The van der Waals surface area contributed by atoms with Crippen LogP contribution in [0.25, 0.3) is 11.1 Å². The van der Waals surface area contributed by atoms with Gasteiger partial charge in [0, 0.05) is 5.56 Å². The Labute approximate surface area is 124 Å². The summed E-state index contributed by atoms with van der Waals surface area (Å²) >= 11 is 0. The molecule has 2 nitrogen and oxygen atoms in total. The van der Waals surface area contributed by atoms with Crippen LogP contribution in [-0.2, 0) is 4.74 Å². The highest BCUT2D eigenvalue weighted by Gasteiger charge is 2.44. The molecular weight excluding hydrogens is 260 g/mol. The third kappa shape index (κ3) is 2.30. The first-order valence-electron chi connectivity index (χ1n) is 7.66. The molecule has 2 fully saturated rings. The van der Waals surface area contributed by atoms with Crippen LogP contribution in [0.15, 0.2) is 54.6 Å². The van der Waals surface area contributed by atoms with Crippen molar-refractivity contribution in [3.63, 3.8) is 0 Å². The predicted octanol–water partition coefficient (Wildman–Crippen LogP) is 4.10. The van der Waals surface area contributed by atoms with E-state index in [-0.39, 0.29) is 17.8 Å². The highest BCUT2D eigenvalue weighted by Crippen LogP contribution is 2.40. The lowest BCUT2D eigenvalue weighted by Crippen LogP contribution is -2.25. The van der Waals surface area contributed by atoms with Crippen molar-refractivity contribution < 1.29 is 9.53 Å². The Hall–Kier alpha value is -1.93. The number of rotatable bonds is 3. The number of benzene rings is 2. The first-order valence-corrected chi connectivity index (χ1v) is 7.66. The molecule has 3 unspecified atom stereocenters. The molecule has 4 rings (SSSR count). The van der Waals surface area contributed by atoms with E-state index in [1.165, 1.54) is 5.56 Å². The van der Waals surface area contributed by atoms with Gasteiger partial charge in [-0.05, 0) is 30.4 Å². The van der Waals surface area contributed by atoms with Gasteiger partial charge in [0.2, 0.25) is 0 Å². The average molecular weight is 278 g/mol. The van der Waals surface area contributed by atoms with Crippen molar-refractivity contribution in [2.24, 2.45) is 5.92 Å². The predicted molar refractivity (Wildman–Crippen MR) is 82.2 cm³/mol. The average Bonchev–Trinajstić information content (AvgIpc) is 3.18. The van der Waals surface area contributed by atoms with Crippen LogP contribution in [0.4, 0.5) is 0 Å². The second kappa shape index (κ2) is 5.12. The van der Waals surface area contributed by atoms with E-state index in [0.29, 0.717) is 6.10 Å². The Kier molecular flexibility index (Phi) is 3.12. The fourth-order valence-corrected chi connectivity index (χ4v) is 3.59. The molecule has 106 valence electrons. The van der Waals surface area contributed by atoms with Gasteiger partial charge in [-0.3, -0.25) is 4.79 Å². The molecule has 0 spiro atoms. The van der Waals surface area contributed by atoms with Crippen LogP contribution in [0.5, 0.6) is 0 Å². The van der Waals surface area contributed by atoms with Gasteiger partial charge in [-0.1, -0.05) is 54.6 Å². The second-order valence-corrected chi connectivity index (χ2v) is 6.02. The Morgan fingerprint density at radius 1 is 0.905 bits per heavy atom. The van der Waals surface area contributed by atoms with Gasteiger partial charge in [-0.15, -0.1) is 0 Å². The van der Waals surface area contributed by atoms with Crippen LogP contribution in [0.3, 0.4) is 0 Å². The van der Waals surface area contributed by atoms with Gasteiger partial charge in [0.05, 0.1) is 18.1 Å². The van der Waals surface area contributed by atoms with Crippen LogP contribution >= 0.6 is 0 Å². The fourth-order valence-electron chi connectivity index (χ4n) is 3.59. The number of carbonyl (C=O) groups is 1. The summed E-state index contributed by atoms with van der Waals surface area (Å²) in [5.74, 6) is 0.327. The zero-order valence-electron chi connectivity index (χ0n) is 11.9. The molecule has 2 heterocycles. The lowest BCUT2D eigenvalue weighted by atomic mass is 9.83. The Morgan fingerprint density at radius 2 is 1.62 bits per heavy atom. The lowest BCUT2D eigenvalue weighted by Gasteiger charge is -2.17. The van der Waals surface area contributed by atoms with Gasteiger partial charge in [-0.2, -0.15) is 0 Å². The number of ketones is 1. The van der Waals surface area contributed by atoms with Crippen molar-refractivity contribution in [1.82, 2.24) is 0 Å². The van der Waals surface area contributed by atoms with E-state index in [4.69, 9.17) is 4.74 Å². The number of Topliss-reactive ketones (excluding diaryl/α,β-unsaturated/α-hetero) is 1. The molecule has 0 N–H and O–H groups in total. The standard InChI is InChI=1S/C19H18O2/c20-19(17-12-16-10-11-18(17)21-16)15-8-6-14(7-9-15)13-4-2-1-3-5-13/h1-9,16-18H,10-12H2. The minimum Gasteiger partial charge on any atom is -0.374 e. The van der Waals surface area contributed by atoms with E-state index in [2.05, 4.69) is 12.1 Å². The number of hydrogen-bond acceptors (Lipinski definition) is 2. The Bertz CT molecular complexity index is 645. The van der Waals surface area contributed by atoms with Crippen LogP contribution in [-0.4, -0.2) is 18.0 Å². The van der Waals surface area contributed by atoms with Crippen molar-refractivity contribution in [3.05, 3.63) is 60.2 Å². The molecule has 2 aromatic carbocycles. The van der Waals surface area contributed by atoms with E-state index in [9.17, 15) is 4.79 Å². The number of carbonyl (C=O) groups excluding carboxylic acids is 1. The summed E-state index contributed by atoms with van der Waals surface area (Å²) in [4.78, 5) is 12.6. The van der Waals surface area contributed by atoms with Gasteiger partial charge in [0.15, 0.2) is 5.78 Å². The zero-order valence-corrected chi connectivity index (χ0v) is 11.9. The fraction of sp³-hybridized carbons (Fsp3) is 0.316. The molecule has 0 aromatic heterocycles. The second-order valence-electron chi connectivity index (χ2n) is 6.02. The molecule has 0 amide bonds. The molecule has 2 heteroatoms. The van der Waals surface area contributed by atoms with Gasteiger partial charge in [0.25, 0.3) is 0 Å². The summed E-state index contributed by atoms with van der Waals surface area (Å²) < 4.78 is 5.80. The Balaban J connectivity index is 1.55. The maximum absolute atomic E-state index is 12.6. The summed E-state index contributed by atoms with van der Waals surface area (Å²) in [6, 6.07) is 18.2. The third-order valence-electron chi connectivity index (χ3n) is 4.72. The largest absolute Gasteiger partial charge is 0.374 e. The summed E-state index contributed by atoms with van der Waals surface area (Å²) in [6.45, 7) is 0. The van der Waals surface area contributed by atoms with Crippen molar-refractivity contribution in [2.45, 2.75) is 31.5 Å². The first kappa shape index (κ1) is 12.8. The van der Waals surface area contributed by atoms with E-state index in [0.717, 1.165) is 30.4 Å². The zero-order chi connectivity index (χ0) is 14.2. The molecule has 2 aromatic rings. The van der Waals surface area contributed by atoms with Gasteiger partial charge < -0.3 is 4.74 Å². The molecule has 2 aliphatic rings. The number of fused-ring (bicyclic) bond motifs is 2. The van der Waals surface area contributed by atoms with Gasteiger partial charge in [-0.25, -0.2) is 0 Å². The lowest BCUT2D eigenvalue weighted by molar-refractivity contribution is 0.0743.